The second kappa shape index (κ2) is 10.1. The summed E-state index contributed by atoms with van der Waals surface area (Å²) in [6, 6.07) is 8.63. The van der Waals surface area contributed by atoms with E-state index in [4.69, 9.17) is 0 Å². The lowest BCUT2D eigenvalue weighted by Gasteiger charge is -2.20. The highest BCUT2D eigenvalue weighted by Crippen LogP contribution is 2.14. The minimum Gasteiger partial charge on any atom is -0.341 e. The van der Waals surface area contributed by atoms with E-state index in [2.05, 4.69) is 35.8 Å². The zero-order chi connectivity index (χ0) is 14.2. The monoisotopic (exact) mass is 328 g/mol. The highest BCUT2D eigenvalue weighted by molar-refractivity contribution is 7.98. The third-order valence-corrected chi connectivity index (χ3v) is 4.46. The standard InChI is InChI=1S/C16H24N2OS.ClH/c1-20-15-8-6-14(7-9-15)13-17-10-12-18-11-4-2-3-5-16(18)19;/h6-9,17H,2-5,10-13H2,1H3;1H. The SMILES string of the molecule is CSc1ccc(CNCCN2CCCCCC2=O)cc1.Cl. The van der Waals surface area contributed by atoms with Gasteiger partial charge in [-0.1, -0.05) is 18.6 Å². The van der Waals surface area contributed by atoms with Gasteiger partial charge in [0.15, 0.2) is 0 Å². The maximum absolute atomic E-state index is 11.8. The van der Waals surface area contributed by atoms with E-state index in [1.807, 2.05) is 4.90 Å². The topological polar surface area (TPSA) is 32.3 Å². The molecule has 1 aliphatic rings. The molecule has 0 atom stereocenters. The maximum atomic E-state index is 11.8. The molecule has 5 heteroatoms. The molecule has 1 heterocycles. The summed E-state index contributed by atoms with van der Waals surface area (Å²) in [6.45, 7) is 3.51. The molecule has 118 valence electrons. The van der Waals surface area contributed by atoms with Crippen molar-refractivity contribution in [2.24, 2.45) is 0 Å². The van der Waals surface area contributed by atoms with E-state index in [1.54, 1.807) is 11.8 Å². The molecular weight excluding hydrogens is 304 g/mol. The largest absolute Gasteiger partial charge is 0.341 e. The summed E-state index contributed by atoms with van der Waals surface area (Å²) < 4.78 is 0. The van der Waals surface area contributed by atoms with Crippen LogP contribution in [0.5, 0.6) is 0 Å². The number of carbonyl (C=O) groups is 1. The van der Waals surface area contributed by atoms with E-state index >= 15 is 0 Å². The molecule has 0 aromatic heterocycles. The zero-order valence-electron chi connectivity index (χ0n) is 12.6. The number of rotatable bonds is 6. The average Bonchev–Trinajstić information content (AvgIpc) is 2.69. The van der Waals surface area contributed by atoms with Crippen LogP contribution in [0.15, 0.2) is 29.2 Å². The van der Waals surface area contributed by atoms with Crippen LogP contribution in [0.3, 0.4) is 0 Å². The molecule has 1 fully saturated rings. The minimum absolute atomic E-state index is 0. The molecule has 0 bridgehead atoms. The smallest absolute Gasteiger partial charge is 0.222 e. The van der Waals surface area contributed by atoms with Crippen LogP contribution in [0.4, 0.5) is 0 Å². The second-order valence-corrected chi connectivity index (χ2v) is 6.10. The highest BCUT2D eigenvalue weighted by atomic mass is 35.5. The number of halogens is 1. The van der Waals surface area contributed by atoms with Gasteiger partial charge in [-0.25, -0.2) is 0 Å². The van der Waals surface area contributed by atoms with E-state index in [0.29, 0.717) is 5.91 Å². The van der Waals surface area contributed by atoms with Crippen LogP contribution in [0.1, 0.15) is 31.2 Å². The van der Waals surface area contributed by atoms with Gasteiger partial charge in [-0.05, 0) is 36.8 Å². The Morgan fingerprint density at radius 1 is 1.19 bits per heavy atom. The van der Waals surface area contributed by atoms with Crippen molar-refractivity contribution in [3.05, 3.63) is 29.8 Å². The van der Waals surface area contributed by atoms with Crippen LogP contribution >= 0.6 is 24.2 Å². The summed E-state index contributed by atoms with van der Waals surface area (Å²) >= 11 is 1.76. The number of nitrogens with zero attached hydrogens (tertiary/aromatic N) is 1. The summed E-state index contributed by atoms with van der Waals surface area (Å²) in [5.74, 6) is 0.327. The zero-order valence-corrected chi connectivity index (χ0v) is 14.3. The molecule has 3 nitrogen and oxygen atoms in total. The summed E-state index contributed by atoms with van der Waals surface area (Å²) in [5.41, 5.74) is 1.30. The van der Waals surface area contributed by atoms with Crippen molar-refractivity contribution in [3.63, 3.8) is 0 Å². The fourth-order valence-electron chi connectivity index (χ4n) is 2.47. The number of benzene rings is 1. The Morgan fingerprint density at radius 3 is 2.67 bits per heavy atom. The van der Waals surface area contributed by atoms with Crippen LogP contribution in [-0.4, -0.2) is 36.7 Å². The summed E-state index contributed by atoms with van der Waals surface area (Å²) in [6.07, 6.45) is 6.23. The minimum atomic E-state index is 0. The summed E-state index contributed by atoms with van der Waals surface area (Å²) in [7, 11) is 0. The number of hydrogen-bond donors (Lipinski definition) is 1. The molecule has 0 radical (unpaired) electrons. The Balaban J connectivity index is 0.00000220. The Kier molecular flexibility index (Phi) is 8.81. The fourth-order valence-corrected chi connectivity index (χ4v) is 2.87. The lowest BCUT2D eigenvalue weighted by molar-refractivity contribution is -0.130. The molecule has 0 unspecified atom stereocenters. The van der Waals surface area contributed by atoms with Crippen LogP contribution in [0.2, 0.25) is 0 Å². The molecule has 1 N–H and O–H groups in total. The van der Waals surface area contributed by atoms with E-state index in [9.17, 15) is 4.79 Å². The van der Waals surface area contributed by atoms with Crippen LogP contribution in [-0.2, 0) is 11.3 Å². The van der Waals surface area contributed by atoms with Crippen molar-refractivity contribution >= 4 is 30.1 Å². The third kappa shape index (κ3) is 6.29. The Morgan fingerprint density at radius 2 is 1.95 bits per heavy atom. The molecule has 1 aromatic rings. The van der Waals surface area contributed by atoms with Crippen LogP contribution < -0.4 is 5.32 Å². The number of thioether (sulfide) groups is 1. The predicted molar refractivity (Wildman–Crippen MR) is 92.2 cm³/mol. The summed E-state index contributed by atoms with van der Waals surface area (Å²) in [5, 5.41) is 3.43. The fraction of sp³-hybridized carbons (Fsp3) is 0.562. The third-order valence-electron chi connectivity index (χ3n) is 3.72. The second-order valence-electron chi connectivity index (χ2n) is 5.22. The van der Waals surface area contributed by atoms with Gasteiger partial charge in [0, 0.05) is 37.5 Å². The van der Waals surface area contributed by atoms with Crippen molar-refractivity contribution in [1.82, 2.24) is 10.2 Å². The molecule has 1 amide bonds. The van der Waals surface area contributed by atoms with Crippen LogP contribution in [0.25, 0.3) is 0 Å². The number of likely N-dealkylation sites (tertiary alicyclic amines) is 1. The van der Waals surface area contributed by atoms with Gasteiger partial charge in [-0.2, -0.15) is 0 Å². The first kappa shape index (κ1) is 18.3. The van der Waals surface area contributed by atoms with Crippen molar-refractivity contribution in [1.29, 1.82) is 0 Å². The average molecular weight is 329 g/mol. The number of hydrogen-bond acceptors (Lipinski definition) is 3. The van der Waals surface area contributed by atoms with Crippen molar-refractivity contribution in [2.75, 3.05) is 25.9 Å². The molecule has 21 heavy (non-hydrogen) atoms. The first-order chi connectivity index (χ1) is 9.79. The van der Waals surface area contributed by atoms with Gasteiger partial charge in [-0.3, -0.25) is 4.79 Å². The van der Waals surface area contributed by atoms with E-state index in [-0.39, 0.29) is 12.4 Å². The first-order valence-corrected chi connectivity index (χ1v) is 8.63. The Bertz CT molecular complexity index is 425. The van der Waals surface area contributed by atoms with Gasteiger partial charge >= 0.3 is 0 Å². The van der Waals surface area contributed by atoms with Crippen molar-refractivity contribution in [2.45, 2.75) is 37.1 Å². The molecule has 1 aliphatic heterocycles. The van der Waals surface area contributed by atoms with Crippen LogP contribution in [0, 0.1) is 0 Å². The molecule has 0 aliphatic carbocycles. The predicted octanol–water partition coefficient (Wildman–Crippen LogP) is 3.32. The van der Waals surface area contributed by atoms with Gasteiger partial charge in [0.05, 0.1) is 0 Å². The molecule has 1 saturated heterocycles. The normalized spacial score (nSPS) is 15.5. The van der Waals surface area contributed by atoms with E-state index in [1.165, 1.54) is 16.9 Å². The van der Waals surface area contributed by atoms with Crippen molar-refractivity contribution < 1.29 is 4.79 Å². The number of amides is 1. The quantitative estimate of drug-likeness (QED) is 0.642. The van der Waals surface area contributed by atoms with Gasteiger partial charge in [0.2, 0.25) is 5.91 Å². The Labute approximate surface area is 138 Å². The van der Waals surface area contributed by atoms with Gasteiger partial charge in [-0.15, -0.1) is 24.2 Å². The molecule has 2 rings (SSSR count). The number of carbonyl (C=O) groups excluding carboxylic acids is 1. The molecular formula is C16H25ClN2OS. The molecule has 0 saturated carbocycles. The maximum Gasteiger partial charge on any atom is 0.222 e. The first-order valence-electron chi connectivity index (χ1n) is 7.41. The van der Waals surface area contributed by atoms with Gasteiger partial charge in [0.1, 0.15) is 0 Å². The molecule has 0 spiro atoms. The van der Waals surface area contributed by atoms with Gasteiger partial charge in [0.25, 0.3) is 0 Å². The van der Waals surface area contributed by atoms with E-state index in [0.717, 1.165) is 45.4 Å². The molecule has 1 aromatic carbocycles. The van der Waals surface area contributed by atoms with Crippen molar-refractivity contribution in [3.8, 4) is 0 Å². The summed E-state index contributed by atoms with van der Waals surface area (Å²) in [4.78, 5) is 15.2. The highest BCUT2D eigenvalue weighted by Gasteiger charge is 2.15. The van der Waals surface area contributed by atoms with Gasteiger partial charge < -0.3 is 10.2 Å². The lowest BCUT2D eigenvalue weighted by atomic mass is 10.2. The Hall–Kier alpha value is -0.710. The lowest BCUT2D eigenvalue weighted by Crippen LogP contribution is -2.36. The van der Waals surface area contributed by atoms with E-state index < -0.39 is 0 Å². The number of nitrogens with one attached hydrogen (secondary N) is 1.